The minimum Gasteiger partial charge on any atom is -0.466 e. The third kappa shape index (κ3) is 6.74. The molecule has 1 saturated heterocycles. The topological polar surface area (TPSA) is 85.9 Å². The molecule has 0 N–H and O–H groups in total. The lowest BCUT2D eigenvalue weighted by Gasteiger charge is -2.31. The highest BCUT2D eigenvalue weighted by Crippen LogP contribution is 2.34. The predicted molar refractivity (Wildman–Crippen MR) is 155 cm³/mol. The molecule has 0 saturated carbocycles. The zero-order valence-corrected chi connectivity index (χ0v) is 24.4. The normalized spacial score (nSPS) is 17.5. The summed E-state index contributed by atoms with van der Waals surface area (Å²) in [5.74, 6) is 0.410. The van der Waals surface area contributed by atoms with Gasteiger partial charge in [0.1, 0.15) is 12.0 Å². The number of carbonyl (C=O) groups excluding carboxylic acids is 2. The number of aryl methyl sites for hydroxylation is 1. The second kappa shape index (κ2) is 12.5. The van der Waals surface area contributed by atoms with Crippen molar-refractivity contribution in [1.82, 2.24) is 14.0 Å². The molecule has 10 heteroatoms. The van der Waals surface area contributed by atoms with Crippen LogP contribution < -0.4 is 10.5 Å². The fourth-order valence-electron chi connectivity index (χ4n) is 5.41. The van der Waals surface area contributed by atoms with Gasteiger partial charge in [-0.25, -0.2) is 9.37 Å². The first-order chi connectivity index (χ1) is 19.0. The molecule has 4 rings (SSSR count). The zero-order chi connectivity index (χ0) is 29.0. The van der Waals surface area contributed by atoms with Crippen LogP contribution in [0.2, 0.25) is 5.02 Å². The minimum atomic E-state index is -1.22. The number of carbonyl (C=O) groups is 2. The van der Waals surface area contributed by atoms with Crippen molar-refractivity contribution in [2.75, 3.05) is 18.1 Å². The molecule has 2 aromatic heterocycles. The lowest BCUT2D eigenvalue weighted by molar-refractivity contribution is -0.145. The van der Waals surface area contributed by atoms with E-state index in [0.717, 1.165) is 24.8 Å². The van der Waals surface area contributed by atoms with E-state index in [1.54, 1.807) is 30.2 Å². The van der Waals surface area contributed by atoms with Crippen molar-refractivity contribution < 1.29 is 18.7 Å². The third-order valence-electron chi connectivity index (χ3n) is 7.32. The number of unbranched alkanes of at least 4 members (excludes halogenated alkanes) is 2. The summed E-state index contributed by atoms with van der Waals surface area (Å²) < 4.78 is 23.4. The molecule has 1 aromatic carbocycles. The van der Waals surface area contributed by atoms with Gasteiger partial charge in [-0.15, -0.1) is 0 Å². The van der Waals surface area contributed by atoms with Gasteiger partial charge in [0, 0.05) is 42.2 Å². The highest BCUT2D eigenvalue weighted by atomic mass is 35.5. The van der Waals surface area contributed by atoms with Crippen LogP contribution in [-0.2, 0) is 20.9 Å². The van der Waals surface area contributed by atoms with Gasteiger partial charge in [-0.2, -0.15) is 0 Å². The van der Waals surface area contributed by atoms with E-state index in [0.29, 0.717) is 28.9 Å². The second-order valence-corrected chi connectivity index (χ2v) is 11.7. The van der Waals surface area contributed by atoms with Crippen LogP contribution >= 0.6 is 11.6 Å². The van der Waals surface area contributed by atoms with Crippen molar-refractivity contribution in [2.45, 2.75) is 85.0 Å². The fourth-order valence-corrected chi connectivity index (χ4v) is 5.54. The number of nitrogens with zero attached hydrogens (tertiary/aromatic N) is 4. The zero-order valence-electron chi connectivity index (χ0n) is 23.7. The number of hydrogen-bond acceptors (Lipinski definition) is 6. The molecule has 0 bridgehead atoms. The maximum atomic E-state index is 14.9. The van der Waals surface area contributed by atoms with Crippen LogP contribution in [-0.4, -0.2) is 51.1 Å². The number of anilines is 1. The Balaban J connectivity index is 1.73. The van der Waals surface area contributed by atoms with Crippen LogP contribution in [0, 0.1) is 5.41 Å². The number of halogens is 2. The number of rotatable bonds is 12. The number of Topliss-reactive ketones (excluding diaryl/α,β-unsaturated/α-hetero) is 1. The first-order valence-corrected chi connectivity index (χ1v) is 14.4. The van der Waals surface area contributed by atoms with Crippen LogP contribution in [0.4, 0.5) is 10.2 Å². The van der Waals surface area contributed by atoms with Crippen molar-refractivity contribution in [3.8, 4) is 11.3 Å². The Morgan fingerprint density at radius 2 is 1.88 bits per heavy atom. The smallest absolute Gasteiger partial charge is 0.306 e. The van der Waals surface area contributed by atoms with Gasteiger partial charge in [0.05, 0.1) is 31.3 Å². The van der Waals surface area contributed by atoms with Gasteiger partial charge in [0.2, 0.25) is 5.78 Å². The van der Waals surface area contributed by atoms with E-state index in [2.05, 4.69) is 6.92 Å². The predicted octanol–water partition coefficient (Wildman–Crippen LogP) is 5.86. The van der Waals surface area contributed by atoms with Gasteiger partial charge >= 0.3 is 5.97 Å². The van der Waals surface area contributed by atoms with Gasteiger partial charge in [0.25, 0.3) is 5.56 Å². The summed E-state index contributed by atoms with van der Waals surface area (Å²) in [7, 11) is 0. The molecule has 40 heavy (non-hydrogen) atoms. The maximum Gasteiger partial charge on any atom is 0.306 e. The number of esters is 1. The summed E-state index contributed by atoms with van der Waals surface area (Å²) in [5.41, 5.74) is 0.481. The van der Waals surface area contributed by atoms with Crippen LogP contribution in [0.1, 0.15) is 66.2 Å². The number of hydrogen-bond donors (Lipinski definition) is 0. The molecule has 2 atom stereocenters. The van der Waals surface area contributed by atoms with Crippen LogP contribution in [0.25, 0.3) is 17.0 Å². The molecular weight excluding hydrogens is 535 g/mol. The summed E-state index contributed by atoms with van der Waals surface area (Å²) in [5, 5.41) is 0.602. The van der Waals surface area contributed by atoms with Gasteiger partial charge in [-0.1, -0.05) is 57.3 Å². The average Bonchev–Trinajstić information content (AvgIpc) is 3.50. The Kier molecular flexibility index (Phi) is 9.33. The van der Waals surface area contributed by atoms with E-state index in [-0.39, 0.29) is 49.7 Å². The molecule has 0 amide bonds. The van der Waals surface area contributed by atoms with Crippen molar-refractivity contribution in [2.24, 2.45) is 5.41 Å². The van der Waals surface area contributed by atoms with E-state index in [9.17, 15) is 18.8 Å². The Hall–Kier alpha value is -3.20. The molecule has 0 spiro atoms. The van der Waals surface area contributed by atoms with Crippen molar-refractivity contribution in [1.29, 1.82) is 0 Å². The summed E-state index contributed by atoms with van der Waals surface area (Å²) in [6.45, 7) is 8.36. The molecule has 1 fully saturated rings. The molecule has 0 radical (unpaired) electrons. The Morgan fingerprint density at radius 3 is 2.55 bits per heavy atom. The number of benzene rings is 1. The first-order valence-electron chi connectivity index (χ1n) is 14.0. The molecule has 3 heterocycles. The molecule has 3 aromatic rings. The summed E-state index contributed by atoms with van der Waals surface area (Å²) in [4.78, 5) is 45.5. The number of alkyl halides is 1. The lowest BCUT2D eigenvalue weighted by atomic mass is 9.82. The first kappa shape index (κ1) is 29.8. The third-order valence-corrected chi connectivity index (χ3v) is 7.57. The van der Waals surface area contributed by atoms with E-state index >= 15 is 0 Å². The number of ether oxygens (including phenoxy) is 1. The van der Waals surface area contributed by atoms with Crippen molar-refractivity contribution in [3.05, 3.63) is 51.9 Å². The quantitative estimate of drug-likeness (QED) is 0.199. The minimum absolute atomic E-state index is 0.00283. The van der Waals surface area contributed by atoms with E-state index in [4.69, 9.17) is 21.3 Å². The van der Waals surface area contributed by atoms with Gasteiger partial charge < -0.3 is 9.64 Å². The summed E-state index contributed by atoms with van der Waals surface area (Å²) in [6, 6.07) is 7.96. The van der Waals surface area contributed by atoms with Gasteiger partial charge in [0.15, 0.2) is 5.78 Å². The summed E-state index contributed by atoms with van der Waals surface area (Å²) in [6.07, 6.45) is 3.50. The molecule has 0 aliphatic carbocycles. The largest absolute Gasteiger partial charge is 0.466 e. The number of imidazole rings is 1. The second-order valence-electron chi connectivity index (χ2n) is 11.3. The average molecular weight is 573 g/mol. The Bertz CT molecular complexity index is 1420. The van der Waals surface area contributed by atoms with Crippen LogP contribution in [0.3, 0.4) is 0 Å². The highest BCUT2D eigenvalue weighted by molar-refractivity contribution is 6.30. The number of aromatic nitrogens is 3. The molecule has 8 nitrogen and oxygen atoms in total. The van der Waals surface area contributed by atoms with Crippen LogP contribution in [0.5, 0.6) is 0 Å². The Labute approximate surface area is 239 Å². The lowest BCUT2D eigenvalue weighted by Crippen LogP contribution is -2.41. The van der Waals surface area contributed by atoms with E-state index in [1.165, 1.54) is 10.5 Å². The maximum absolute atomic E-state index is 14.9. The molecule has 216 valence electrons. The standard InChI is InChI=1S/C30H38ClFN4O4/c1-5-7-8-13-34-26(15-27(38)36-19-23(33-29(34)36)20-9-11-21(31)12-10-20)35-18-22(32)14-24(35)25(37)16-30(3,4)17-28(39)40-6-2/h9-12,15,19,22,24H,5-8,13-14,16-18H2,1-4H3/t22-,24+/m1/s1. The molecular formula is C30H38ClFN4O4. The van der Waals surface area contributed by atoms with Crippen LogP contribution in [0.15, 0.2) is 41.3 Å². The molecule has 0 unspecified atom stereocenters. The van der Waals surface area contributed by atoms with Gasteiger partial charge in [-0.3, -0.25) is 23.4 Å². The highest BCUT2D eigenvalue weighted by Gasteiger charge is 2.40. The SMILES string of the molecule is CCCCCn1c(N2C[C@H](F)C[C@H]2C(=O)CC(C)(C)CC(=O)OCC)cc(=O)n2cc(-c3ccc(Cl)cc3)nc12. The van der Waals surface area contributed by atoms with Crippen molar-refractivity contribution >= 4 is 34.9 Å². The number of fused-ring (bicyclic) bond motifs is 1. The molecule has 1 aliphatic rings. The van der Waals surface area contributed by atoms with Crippen molar-refractivity contribution in [3.63, 3.8) is 0 Å². The van der Waals surface area contributed by atoms with Gasteiger partial charge in [-0.05, 0) is 30.9 Å². The Morgan fingerprint density at radius 1 is 1.15 bits per heavy atom. The van der Waals surface area contributed by atoms with E-state index in [1.807, 2.05) is 30.5 Å². The number of ketones is 1. The monoisotopic (exact) mass is 572 g/mol. The molecule has 1 aliphatic heterocycles. The fraction of sp³-hybridized carbons (Fsp3) is 0.533. The van der Waals surface area contributed by atoms with E-state index < -0.39 is 17.6 Å². The summed E-state index contributed by atoms with van der Waals surface area (Å²) >= 11 is 6.06.